The van der Waals surface area contributed by atoms with Crippen molar-refractivity contribution in [3.8, 4) is 17.2 Å². The van der Waals surface area contributed by atoms with Crippen LogP contribution in [0.4, 0.5) is 11.4 Å². The van der Waals surface area contributed by atoms with Crippen molar-refractivity contribution in [2.75, 3.05) is 30.0 Å². The van der Waals surface area contributed by atoms with Gasteiger partial charge >= 0.3 is 0 Å². The predicted molar refractivity (Wildman–Crippen MR) is 126 cm³/mol. The standard InChI is InChI=1S/C26H26N2O5/c1-3-31-21-9-11-22(12-10-21)32-16-25(29)27-20-8-13-24-23(14-20)28(26(30)17-33-24)15-19-7-5-4-6-18(19)2/h4-14H,3,15-17H2,1-2H3,(H,27,29). The summed E-state index contributed by atoms with van der Waals surface area (Å²) in [5, 5.41) is 2.82. The lowest BCUT2D eigenvalue weighted by Crippen LogP contribution is -2.38. The maximum absolute atomic E-state index is 12.6. The van der Waals surface area contributed by atoms with E-state index in [1.165, 1.54) is 0 Å². The van der Waals surface area contributed by atoms with Gasteiger partial charge in [-0.15, -0.1) is 0 Å². The van der Waals surface area contributed by atoms with Gasteiger partial charge in [0.2, 0.25) is 0 Å². The van der Waals surface area contributed by atoms with Crippen LogP contribution in [-0.2, 0) is 16.1 Å². The van der Waals surface area contributed by atoms with Gasteiger partial charge in [-0.25, -0.2) is 0 Å². The molecular formula is C26H26N2O5. The zero-order valence-corrected chi connectivity index (χ0v) is 18.7. The molecule has 1 heterocycles. The summed E-state index contributed by atoms with van der Waals surface area (Å²) in [6.07, 6.45) is 0. The molecule has 170 valence electrons. The van der Waals surface area contributed by atoms with Crippen LogP contribution in [0.1, 0.15) is 18.1 Å². The van der Waals surface area contributed by atoms with E-state index in [1.54, 1.807) is 47.4 Å². The number of nitrogens with one attached hydrogen (secondary N) is 1. The molecular weight excluding hydrogens is 420 g/mol. The molecule has 1 N–H and O–H groups in total. The number of aryl methyl sites for hydroxylation is 1. The number of ether oxygens (including phenoxy) is 3. The van der Waals surface area contributed by atoms with Crippen molar-refractivity contribution in [1.82, 2.24) is 0 Å². The van der Waals surface area contributed by atoms with E-state index in [9.17, 15) is 9.59 Å². The van der Waals surface area contributed by atoms with Gasteiger partial charge in [0.15, 0.2) is 13.2 Å². The maximum atomic E-state index is 12.6. The summed E-state index contributed by atoms with van der Waals surface area (Å²) >= 11 is 0. The third-order valence-electron chi connectivity index (χ3n) is 5.28. The molecule has 0 radical (unpaired) electrons. The van der Waals surface area contributed by atoms with Crippen LogP contribution in [-0.4, -0.2) is 31.6 Å². The minimum Gasteiger partial charge on any atom is -0.494 e. The predicted octanol–water partition coefficient (Wildman–Crippen LogP) is 4.34. The average molecular weight is 447 g/mol. The van der Waals surface area contributed by atoms with Crippen LogP contribution in [0.15, 0.2) is 66.7 Å². The Kier molecular flexibility index (Phi) is 6.78. The Balaban J connectivity index is 1.43. The first-order valence-corrected chi connectivity index (χ1v) is 10.8. The van der Waals surface area contributed by atoms with Crippen molar-refractivity contribution < 1.29 is 23.8 Å². The Bertz CT molecular complexity index is 1140. The van der Waals surface area contributed by atoms with Crippen molar-refractivity contribution in [2.24, 2.45) is 0 Å². The number of carbonyl (C=O) groups excluding carboxylic acids is 2. The second-order valence-electron chi connectivity index (χ2n) is 7.62. The van der Waals surface area contributed by atoms with Crippen LogP contribution in [0.5, 0.6) is 17.2 Å². The fourth-order valence-electron chi connectivity index (χ4n) is 3.56. The fraction of sp³-hybridized carbons (Fsp3) is 0.231. The van der Waals surface area contributed by atoms with Gasteiger partial charge in [0.25, 0.3) is 11.8 Å². The highest BCUT2D eigenvalue weighted by Gasteiger charge is 2.26. The lowest BCUT2D eigenvalue weighted by Gasteiger charge is -2.30. The maximum Gasteiger partial charge on any atom is 0.265 e. The van der Waals surface area contributed by atoms with Gasteiger partial charge in [0.05, 0.1) is 18.8 Å². The molecule has 0 aliphatic carbocycles. The highest BCUT2D eigenvalue weighted by Crippen LogP contribution is 2.35. The van der Waals surface area contributed by atoms with Crippen LogP contribution >= 0.6 is 0 Å². The van der Waals surface area contributed by atoms with Crippen LogP contribution < -0.4 is 24.4 Å². The fourth-order valence-corrected chi connectivity index (χ4v) is 3.56. The second-order valence-corrected chi connectivity index (χ2v) is 7.62. The molecule has 1 aliphatic rings. The summed E-state index contributed by atoms with van der Waals surface area (Å²) in [5.74, 6) is 1.48. The molecule has 7 nitrogen and oxygen atoms in total. The Morgan fingerprint density at radius 1 is 1.03 bits per heavy atom. The van der Waals surface area contributed by atoms with Gasteiger partial charge in [0.1, 0.15) is 17.2 Å². The van der Waals surface area contributed by atoms with Crippen LogP contribution in [0, 0.1) is 6.92 Å². The molecule has 0 aromatic heterocycles. The molecule has 3 aromatic rings. The summed E-state index contributed by atoms with van der Waals surface area (Å²) in [6, 6.07) is 20.3. The molecule has 0 bridgehead atoms. The lowest BCUT2D eigenvalue weighted by molar-refractivity contribution is -0.121. The third-order valence-corrected chi connectivity index (χ3v) is 5.28. The molecule has 1 aliphatic heterocycles. The quantitative estimate of drug-likeness (QED) is 0.557. The van der Waals surface area contributed by atoms with Gasteiger partial charge in [0, 0.05) is 5.69 Å². The molecule has 0 saturated carbocycles. The van der Waals surface area contributed by atoms with Crippen molar-refractivity contribution in [3.63, 3.8) is 0 Å². The zero-order chi connectivity index (χ0) is 23.2. The summed E-state index contributed by atoms with van der Waals surface area (Å²) < 4.78 is 16.5. The Hall–Kier alpha value is -4.00. The normalized spacial score (nSPS) is 12.5. The number of hydrogen-bond donors (Lipinski definition) is 1. The summed E-state index contributed by atoms with van der Waals surface area (Å²) in [6.45, 7) is 4.79. The minimum absolute atomic E-state index is 0.0134. The Labute approximate surface area is 192 Å². The highest BCUT2D eigenvalue weighted by atomic mass is 16.5. The first-order valence-electron chi connectivity index (χ1n) is 10.8. The number of rotatable bonds is 8. The SMILES string of the molecule is CCOc1ccc(OCC(=O)Nc2ccc3c(c2)N(Cc2ccccc2C)C(=O)CO3)cc1. The second kappa shape index (κ2) is 10.1. The molecule has 0 saturated heterocycles. The van der Waals surface area contributed by atoms with Crippen molar-refractivity contribution >= 4 is 23.2 Å². The molecule has 33 heavy (non-hydrogen) atoms. The molecule has 7 heteroatoms. The molecule has 0 unspecified atom stereocenters. The Morgan fingerprint density at radius 2 is 1.76 bits per heavy atom. The molecule has 0 atom stereocenters. The number of hydrogen-bond acceptors (Lipinski definition) is 5. The van der Waals surface area contributed by atoms with E-state index in [2.05, 4.69) is 5.32 Å². The van der Waals surface area contributed by atoms with Crippen molar-refractivity contribution in [3.05, 3.63) is 77.9 Å². The number of benzene rings is 3. The van der Waals surface area contributed by atoms with E-state index in [1.807, 2.05) is 38.1 Å². The first-order chi connectivity index (χ1) is 16.0. The number of anilines is 2. The minimum atomic E-state index is -0.308. The zero-order valence-electron chi connectivity index (χ0n) is 18.7. The molecule has 2 amide bonds. The molecule has 4 rings (SSSR count). The third kappa shape index (κ3) is 5.44. The molecule has 0 spiro atoms. The van der Waals surface area contributed by atoms with Crippen molar-refractivity contribution in [2.45, 2.75) is 20.4 Å². The first kappa shape index (κ1) is 22.2. The number of fused-ring (bicyclic) bond motifs is 1. The average Bonchev–Trinajstić information content (AvgIpc) is 2.82. The van der Waals surface area contributed by atoms with Crippen LogP contribution in [0.2, 0.25) is 0 Å². The number of carbonyl (C=O) groups is 2. The topological polar surface area (TPSA) is 77.1 Å². The largest absolute Gasteiger partial charge is 0.494 e. The molecule has 3 aromatic carbocycles. The van der Waals surface area contributed by atoms with E-state index in [-0.39, 0.29) is 25.0 Å². The van der Waals surface area contributed by atoms with Crippen LogP contribution in [0.3, 0.4) is 0 Å². The van der Waals surface area contributed by atoms with E-state index in [0.717, 1.165) is 16.9 Å². The smallest absolute Gasteiger partial charge is 0.265 e. The van der Waals surface area contributed by atoms with E-state index < -0.39 is 0 Å². The summed E-state index contributed by atoms with van der Waals surface area (Å²) in [4.78, 5) is 26.7. The summed E-state index contributed by atoms with van der Waals surface area (Å²) in [5.41, 5.74) is 3.34. The monoisotopic (exact) mass is 446 g/mol. The highest BCUT2D eigenvalue weighted by molar-refractivity contribution is 5.99. The number of nitrogens with zero attached hydrogens (tertiary/aromatic N) is 1. The van der Waals surface area contributed by atoms with Crippen molar-refractivity contribution in [1.29, 1.82) is 0 Å². The van der Waals surface area contributed by atoms with E-state index in [4.69, 9.17) is 14.2 Å². The lowest BCUT2D eigenvalue weighted by atomic mass is 10.1. The van der Waals surface area contributed by atoms with Gasteiger partial charge in [-0.05, 0) is 67.4 Å². The van der Waals surface area contributed by atoms with Gasteiger partial charge in [-0.1, -0.05) is 24.3 Å². The molecule has 0 fully saturated rings. The van der Waals surface area contributed by atoms with Crippen LogP contribution in [0.25, 0.3) is 0 Å². The summed E-state index contributed by atoms with van der Waals surface area (Å²) in [7, 11) is 0. The number of amides is 2. The van der Waals surface area contributed by atoms with Gasteiger partial charge in [-0.2, -0.15) is 0 Å². The van der Waals surface area contributed by atoms with E-state index in [0.29, 0.717) is 36.0 Å². The van der Waals surface area contributed by atoms with Gasteiger partial charge in [-0.3, -0.25) is 9.59 Å². The van der Waals surface area contributed by atoms with Gasteiger partial charge < -0.3 is 24.4 Å². The Morgan fingerprint density at radius 3 is 2.48 bits per heavy atom. The van der Waals surface area contributed by atoms with E-state index >= 15 is 0 Å².